The molecule has 0 bridgehead atoms. The molecule has 0 radical (unpaired) electrons. The number of halogens is 2. The highest BCUT2D eigenvalue weighted by Crippen LogP contribution is 2.26. The normalized spacial score (nSPS) is 17.0. The predicted molar refractivity (Wildman–Crippen MR) is 123 cm³/mol. The van der Waals surface area contributed by atoms with Gasteiger partial charge in [-0.3, -0.25) is 9.69 Å². The van der Waals surface area contributed by atoms with E-state index < -0.39 is 0 Å². The number of aromatic nitrogens is 1. The first-order valence-electron chi connectivity index (χ1n) is 10.2. The van der Waals surface area contributed by atoms with Crippen molar-refractivity contribution >= 4 is 34.0 Å². The Morgan fingerprint density at radius 1 is 1.19 bits per heavy atom. The maximum Gasteiger partial charge on any atom is 0.251 e. The maximum absolute atomic E-state index is 13.1. The summed E-state index contributed by atoms with van der Waals surface area (Å²) in [5, 5.41) is 4.52. The monoisotopic (exact) mass is 458 g/mol. The molecule has 162 valence electrons. The van der Waals surface area contributed by atoms with Crippen molar-refractivity contribution in [2.75, 3.05) is 24.5 Å². The van der Waals surface area contributed by atoms with E-state index in [2.05, 4.69) is 27.0 Å². The van der Waals surface area contributed by atoms with E-state index in [4.69, 9.17) is 11.6 Å². The summed E-state index contributed by atoms with van der Waals surface area (Å²) in [6, 6.07) is 13.9. The van der Waals surface area contributed by atoms with Crippen molar-refractivity contribution in [3.63, 3.8) is 0 Å². The van der Waals surface area contributed by atoms with Crippen LogP contribution in [-0.4, -0.2) is 41.5 Å². The zero-order chi connectivity index (χ0) is 21.8. The quantitative estimate of drug-likeness (QED) is 0.587. The molecule has 1 aliphatic rings. The molecule has 2 aromatic carbocycles. The van der Waals surface area contributed by atoms with Crippen LogP contribution in [-0.2, 0) is 13.1 Å². The van der Waals surface area contributed by atoms with Crippen LogP contribution in [0.2, 0.25) is 5.02 Å². The Kier molecular flexibility index (Phi) is 6.85. The van der Waals surface area contributed by atoms with Gasteiger partial charge >= 0.3 is 0 Å². The number of hydrogen-bond acceptors (Lipinski definition) is 5. The summed E-state index contributed by atoms with van der Waals surface area (Å²) in [5.41, 5.74) is 1.70. The number of rotatable bonds is 6. The molecule has 2 heterocycles. The number of carbonyl (C=O) groups is 1. The molecular weight excluding hydrogens is 435 g/mol. The zero-order valence-electron chi connectivity index (χ0n) is 17.2. The van der Waals surface area contributed by atoms with Crippen LogP contribution in [0.3, 0.4) is 0 Å². The van der Waals surface area contributed by atoms with Crippen molar-refractivity contribution in [2.24, 2.45) is 0 Å². The molecular formula is C23H24ClFN4OS. The lowest BCUT2D eigenvalue weighted by Crippen LogP contribution is -2.51. The highest BCUT2D eigenvalue weighted by molar-refractivity contribution is 7.15. The molecule has 0 saturated carbocycles. The minimum atomic E-state index is -0.203. The highest BCUT2D eigenvalue weighted by Gasteiger charge is 2.25. The van der Waals surface area contributed by atoms with Crippen LogP contribution in [0.5, 0.6) is 0 Å². The second-order valence-electron chi connectivity index (χ2n) is 7.69. The number of benzene rings is 2. The van der Waals surface area contributed by atoms with E-state index in [1.807, 2.05) is 18.3 Å². The number of nitrogens with one attached hydrogen (secondary N) is 1. The summed E-state index contributed by atoms with van der Waals surface area (Å²) in [5.74, 6) is -0.333. The molecule has 31 heavy (non-hydrogen) atoms. The molecule has 4 rings (SSSR count). The number of piperazine rings is 1. The smallest absolute Gasteiger partial charge is 0.251 e. The topological polar surface area (TPSA) is 48.5 Å². The number of amides is 1. The molecule has 1 saturated heterocycles. The lowest BCUT2D eigenvalue weighted by Gasteiger charge is -2.39. The third kappa shape index (κ3) is 5.61. The summed E-state index contributed by atoms with van der Waals surface area (Å²) in [6.45, 7) is 6.15. The summed E-state index contributed by atoms with van der Waals surface area (Å²) >= 11 is 7.48. The van der Waals surface area contributed by atoms with Gasteiger partial charge in [0.25, 0.3) is 5.91 Å². The first kappa shape index (κ1) is 21.7. The van der Waals surface area contributed by atoms with Crippen LogP contribution in [0.25, 0.3) is 0 Å². The number of nitrogens with zero attached hydrogens (tertiary/aromatic N) is 3. The first-order chi connectivity index (χ1) is 15.0. The molecule has 1 amide bonds. The van der Waals surface area contributed by atoms with Gasteiger partial charge < -0.3 is 10.2 Å². The van der Waals surface area contributed by atoms with Crippen molar-refractivity contribution in [2.45, 2.75) is 26.1 Å². The zero-order valence-corrected chi connectivity index (χ0v) is 18.8. The fourth-order valence-corrected chi connectivity index (χ4v) is 4.63. The highest BCUT2D eigenvalue weighted by atomic mass is 35.5. The summed E-state index contributed by atoms with van der Waals surface area (Å²) in [7, 11) is 0. The van der Waals surface area contributed by atoms with Gasteiger partial charge in [0.2, 0.25) is 0 Å². The maximum atomic E-state index is 13.1. The van der Waals surface area contributed by atoms with Crippen LogP contribution in [0.1, 0.15) is 27.7 Å². The van der Waals surface area contributed by atoms with Crippen LogP contribution >= 0.6 is 22.9 Å². The Labute approximate surface area is 190 Å². The summed E-state index contributed by atoms with van der Waals surface area (Å²) in [4.78, 5) is 22.6. The minimum Gasteiger partial charge on any atom is -0.347 e. The molecule has 1 atom stereocenters. The van der Waals surface area contributed by atoms with Crippen molar-refractivity contribution < 1.29 is 9.18 Å². The van der Waals surface area contributed by atoms with Crippen LogP contribution in [0.4, 0.5) is 9.52 Å². The van der Waals surface area contributed by atoms with E-state index in [0.29, 0.717) is 23.2 Å². The average Bonchev–Trinajstić information content (AvgIpc) is 3.24. The molecule has 0 spiro atoms. The number of anilines is 1. The van der Waals surface area contributed by atoms with Gasteiger partial charge in [0.15, 0.2) is 5.13 Å². The molecule has 1 unspecified atom stereocenters. The van der Waals surface area contributed by atoms with Gasteiger partial charge in [0, 0.05) is 53.9 Å². The Morgan fingerprint density at radius 2 is 1.94 bits per heavy atom. The minimum absolute atomic E-state index is 0.130. The Bertz CT molecular complexity index is 1020. The van der Waals surface area contributed by atoms with E-state index >= 15 is 0 Å². The van der Waals surface area contributed by atoms with E-state index in [9.17, 15) is 9.18 Å². The van der Waals surface area contributed by atoms with E-state index in [0.717, 1.165) is 41.8 Å². The molecule has 1 aromatic heterocycles. The van der Waals surface area contributed by atoms with Crippen molar-refractivity contribution in [1.82, 2.24) is 15.2 Å². The third-order valence-corrected chi connectivity index (χ3v) is 6.72. The molecule has 8 heteroatoms. The molecule has 3 aromatic rings. The predicted octanol–water partition coefficient (Wildman–Crippen LogP) is 4.58. The van der Waals surface area contributed by atoms with Gasteiger partial charge in [-0.2, -0.15) is 0 Å². The fourth-order valence-electron chi connectivity index (χ4n) is 3.62. The van der Waals surface area contributed by atoms with Crippen LogP contribution < -0.4 is 10.2 Å². The number of carbonyl (C=O) groups excluding carboxylic acids is 1. The lowest BCUT2D eigenvalue weighted by atomic mass is 10.1. The first-order valence-corrected chi connectivity index (χ1v) is 11.4. The Hall–Kier alpha value is -2.48. The van der Waals surface area contributed by atoms with Crippen molar-refractivity contribution in [1.29, 1.82) is 0 Å². The van der Waals surface area contributed by atoms with Gasteiger partial charge in [-0.05, 0) is 48.9 Å². The largest absolute Gasteiger partial charge is 0.347 e. The van der Waals surface area contributed by atoms with Gasteiger partial charge in [0.05, 0.1) is 6.54 Å². The second-order valence-corrected chi connectivity index (χ2v) is 9.22. The lowest BCUT2D eigenvalue weighted by molar-refractivity contribution is 0.0951. The van der Waals surface area contributed by atoms with Gasteiger partial charge in [-0.1, -0.05) is 23.7 Å². The standard InChI is InChI=1S/C23H24ClFN4OS/c1-16-14-29(11-10-28(16)15-17-2-8-20(25)9-3-17)23-27-13-21(31-23)12-26-22(30)18-4-6-19(24)7-5-18/h2-9,13,16H,10-12,14-15H2,1H3,(H,26,30). The molecule has 1 N–H and O–H groups in total. The second kappa shape index (κ2) is 9.77. The average molecular weight is 459 g/mol. The number of thiazole rings is 1. The van der Waals surface area contributed by atoms with E-state index in [1.54, 1.807) is 35.6 Å². The summed E-state index contributed by atoms with van der Waals surface area (Å²) < 4.78 is 13.1. The molecule has 1 fully saturated rings. The van der Waals surface area contributed by atoms with Gasteiger partial charge in [0.1, 0.15) is 5.82 Å². The SMILES string of the molecule is CC1CN(c2ncc(CNC(=O)c3ccc(Cl)cc3)s2)CCN1Cc1ccc(F)cc1. The van der Waals surface area contributed by atoms with E-state index in [1.165, 1.54) is 12.1 Å². The Balaban J connectivity index is 1.29. The molecule has 5 nitrogen and oxygen atoms in total. The van der Waals surface area contributed by atoms with Gasteiger partial charge in [-0.15, -0.1) is 11.3 Å². The summed E-state index contributed by atoms with van der Waals surface area (Å²) in [6.07, 6.45) is 1.83. The van der Waals surface area contributed by atoms with E-state index in [-0.39, 0.29) is 11.7 Å². The third-order valence-electron chi connectivity index (χ3n) is 5.41. The van der Waals surface area contributed by atoms with Crippen LogP contribution in [0, 0.1) is 5.82 Å². The number of hydrogen-bond donors (Lipinski definition) is 1. The molecule has 0 aliphatic carbocycles. The fraction of sp³-hybridized carbons (Fsp3) is 0.304. The van der Waals surface area contributed by atoms with Crippen molar-refractivity contribution in [3.8, 4) is 0 Å². The molecule has 1 aliphatic heterocycles. The Morgan fingerprint density at radius 3 is 2.65 bits per heavy atom. The van der Waals surface area contributed by atoms with Crippen LogP contribution in [0.15, 0.2) is 54.7 Å². The van der Waals surface area contributed by atoms with Gasteiger partial charge in [-0.25, -0.2) is 9.37 Å². The van der Waals surface area contributed by atoms with Crippen molar-refractivity contribution in [3.05, 3.63) is 81.6 Å².